The lowest BCUT2D eigenvalue weighted by molar-refractivity contribution is -0.149. The van der Waals surface area contributed by atoms with Crippen molar-refractivity contribution in [3.8, 4) is 0 Å². The number of nitrogens with two attached hydrogens (primary N) is 1. The van der Waals surface area contributed by atoms with Gasteiger partial charge >= 0.3 is 11.9 Å². The van der Waals surface area contributed by atoms with Crippen LogP contribution >= 0.6 is 0 Å². The van der Waals surface area contributed by atoms with E-state index < -0.39 is 53.2 Å². The molecule has 0 spiro atoms. The fourth-order valence-corrected chi connectivity index (χ4v) is 2.63. The van der Waals surface area contributed by atoms with Gasteiger partial charge in [0.1, 0.15) is 12.1 Å². The summed E-state index contributed by atoms with van der Waals surface area (Å²) in [7, 11) is 0. The second kappa shape index (κ2) is 10.4. The summed E-state index contributed by atoms with van der Waals surface area (Å²) >= 11 is 0. The lowest BCUT2D eigenvalue weighted by Gasteiger charge is -2.30. The summed E-state index contributed by atoms with van der Waals surface area (Å²) < 4.78 is 0. The molecule has 0 radical (unpaired) electrons. The first-order chi connectivity index (χ1) is 12.6. The molecule has 0 bridgehead atoms. The van der Waals surface area contributed by atoms with Crippen LogP contribution in [0.1, 0.15) is 54.9 Å². The number of carboxylic acids is 2. The molecule has 0 aromatic rings. The summed E-state index contributed by atoms with van der Waals surface area (Å²) in [5.41, 5.74) is 5.11. The molecule has 28 heavy (non-hydrogen) atoms. The van der Waals surface area contributed by atoms with Gasteiger partial charge in [-0.05, 0) is 23.7 Å². The maximum Gasteiger partial charge on any atom is 0.326 e. The first kappa shape index (κ1) is 25.8. The molecule has 0 aromatic heterocycles. The Morgan fingerprint density at radius 3 is 1.68 bits per heavy atom. The highest BCUT2D eigenvalue weighted by atomic mass is 16.4. The highest BCUT2D eigenvalue weighted by molar-refractivity contribution is 5.92. The number of carbonyl (C=O) groups excluding carboxylic acids is 2. The number of aliphatic carboxylic acids is 2. The maximum absolute atomic E-state index is 12.7. The van der Waals surface area contributed by atoms with Crippen LogP contribution in [0.3, 0.4) is 0 Å². The van der Waals surface area contributed by atoms with Crippen molar-refractivity contribution < 1.29 is 29.4 Å². The molecule has 0 saturated carbocycles. The van der Waals surface area contributed by atoms with Crippen LogP contribution in [-0.2, 0) is 19.2 Å². The molecule has 1 unspecified atom stereocenters. The average Bonchev–Trinajstić information content (AvgIpc) is 2.52. The van der Waals surface area contributed by atoms with Gasteiger partial charge in [0.25, 0.3) is 0 Å². The van der Waals surface area contributed by atoms with Crippen LogP contribution in [0.25, 0.3) is 0 Å². The van der Waals surface area contributed by atoms with Crippen LogP contribution in [0.4, 0.5) is 0 Å². The van der Waals surface area contributed by atoms with Crippen molar-refractivity contribution in [2.45, 2.75) is 73.0 Å². The van der Waals surface area contributed by atoms with Crippen molar-refractivity contribution in [1.29, 1.82) is 0 Å². The summed E-state index contributed by atoms with van der Waals surface area (Å²) in [6, 6.07) is -3.19. The van der Waals surface area contributed by atoms with Gasteiger partial charge in [0.2, 0.25) is 11.8 Å². The Hall–Kier alpha value is -2.16. The van der Waals surface area contributed by atoms with Crippen LogP contribution in [-0.4, -0.2) is 52.1 Å². The second-order valence-corrected chi connectivity index (χ2v) is 8.89. The van der Waals surface area contributed by atoms with E-state index in [0.717, 1.165) is 0 Å². The molecular weight excluding hydrogens is 366 g/mol. The molecule has 9 nitrogen and oxygen atoms in total. The van der Waals surface area contributed by atoms with Gasteiger partial charge in [0.15, 0.2) is 0 Å². The van der Waals surface area contributed by atoms with Crippen molar-refractivity contribution in [3.63, 3.8) is 0 Å². The second-order valence-electron chi connectivity index (χ2n) is 8.89. The Labute approximate surface area is 166 Å². The summed E-state index contributed by atoms with van der Waals surface area (Å²) in [6.07, 6.45) is -0.274. The van der Waals surface area contributed by atoms with E-state index in [-0.39, 0.29) is 18.3 Å². The van der Waals surface area contributed by atoms with E-state index in [1.165, 1.54) is 0 Å². The Morgan fingerprint density at radius 1 is 0.857 bits per heavy atom. The van der Waals surface area contributed by atoms with Gasteiger partial charge in [-0.2, -0.15) is 0 Å². The van der Waals surface area contributed by atoms with Crippen LogP contribution in [0.2, 0.25) is 0 Å². The summed E-state index contributed by atoms with van der Waals surface area (Å²) in [6.45, 7) is 12.0. The van der Waals surface area contributed by atoms with Gasteiger partial charge in [0, 0.05) is 0 Å². The van der Waals surface area contributed by atoms with E-state index >= 15 is 0 Å². The van der Waals surface area contributed by atoms with Crippen molar-refractivity contribution in [2.24, 2.45) is 28.9 Å². The van der Waals surface area contributed by atoms with E-state index in [4.69, 9.17) is 5.73 Å². The molecule has 0 heterocycles. The van der Waals surface area contributed by atoms with E-state index in [9.17, 15) is 29.4 Å². The van der Waals surface area contributed by atoms with Gasteiger partial charge < -0.3 is 26.6 Å². The number of amides is 2. The molecule has 0 aromatic carbocycles. The van der Waals surface area contributed by atoms with Crippen LogP contribution in [0.5, 0.6) is 0 Å². The fourth-order valence-electron chi connectivity index (χ4n) is 2.63. The standard InChI is InChI=1S/C19H35N3O6/c1-9(2)13(20)15(23)22-14(10(3)4)16(24)21-12(18(27)28)8-11(17(25)26)19(5,6)7/h9-14H,8,20H2,1-7H3,(H,21,24)(H,22,23)(H,25,26)(H,27,28)/t11?,12-,13-,14-/m0/s1. The predicted molar refractivity (Wildman–Crippen MR) is 104 cm³/mol. The molecule has 0 saturated heterocycles. The Balaban J connectivity index is 5.40. The minimum atomic E-state index is -1.40. The van der Waals surface area contributed by atoms with Crippen molar-refractivity contribution >= 4 is 23.8 Å². The average molecular weight is 402 g/mol. The normalized spacial score (nSPS) is 16.2. The molecule has 0 aliphatic carbocycles. The van der Waals surface area contributed by atoms with Gasteiger partial charge in [-0.25, -0.2) is 4.79 Å². The van der Waals surface area contributed by atoms with Crippen LogP contribution < -0.4 is 16.4 Å². The topological polar surface area (TPSA) is 159 Å². The predicted octanol–water partition coefficient (Wildman–Crippen LogP) is 0.817. The monoisotopic (exact) mass is 401 g/mol. The largest absolute Gasteiger partial charge is 0.481 e. The lowest BCUT2D eigenvalue weighted by Crippen LogP contribution is -2.57. The third-order valence-electron chi connectivity index (χ3n) is 4.70. The minimum Gasteiger partial charge on any atom is -0.481 e. The molecule has 0 rings (SSSR count). The Bertz CT molecular complexity index is 583. The van der Waals surface area contributed by atoms with Crippen molar-refractivity contribution in [3.05, 3.63) is 0 Å². The minimum absolute atomic E-state index is 0.134. The zero-order valence-electron chi connectivity index (χ0n) is 17.8. The van der Waals surface area contributed by atoms with Gasteiger partial charge in [-0.1, -0.05) is 48.5 Å². The number of carboxylic acid groups (broad SMARTS) is 2. The quantitative estimate of drug-likeness (QED) is 0.362. The molecular formula is C19H35N3O6. The SMILES string of the molecule is CC(C)[C@H](N)C(=O)N[C@H](C(=O)N[C@@H](CC(C(=O)O)C(C)(C)C)C(=O)O)C(C)C. The number of rotatable bonds is 10. The number of carbonyl (C=O) groups is 4. The molecule has 162 valence electrons. The zero-order chi connectivity index (χ0) is 22.4. The van der Waals surface area contributed by atoms with Gasteiger partial charge in [0.05, 0.1) is 12.0 Å². The summed E-state index contributed by atoms with van der Waals surface area (Å²) in [4.78, 5) is 48.0. The van der Waals surface area contributed by atoms with E-state index in [0.29, 0.717) is 0 Å². The highest BCUT2D eigenvalue weighted by Crippen LogP contribution is 2.30. The van der Waals surface area contributed by atoms with Crippen LogP contribution in [0.15, 0.2) is 0 Å². The molecule has 0 aliphatic heterocycles. The molecule has 6 N–H and O–H groups in total. The lowest BCUT2D eigenvalue weighted by atomic mass is 9.77. The third-order valence-corrected chi connectivity index (χ3v) is 4.70. The van der Waals surface area contributed by atoms with Crippen molar-refractivity contribution in [1.82, 2.24) is 10.6 Å². The maximum atomic E-state index is 12.7. The smallest absolute Gasteiger partial charge is 0.326 e. The van der Waals surface area contributed by atoms with Crippen molar-refractivity contribution in [2.75, 3.05) is 0 Å². The van der Waals surface area contributed by atoms with E-state index in [1.807, 2.05) is 0 Å². The van der Waals surface area contributed by atoms with Gasteiger partial charge in [-0.15, -0.1) is 0 Å². The Morgan fingerprint density at radius 2 is 1.36 bits per heavy atom. The molecule has 0 fully saturated rings. The number of hydrogen-bond donors (Lipinski definition) is 5. The molecule has 9 heteroatoms. The number of hydrogen-bond acceptors (Lipinski definition) is 5. The summed E-state index contributed by atoms with van der Waals surface area (Å²) in [5.74, 6) is -5.10. The first-order valence-corrected chi connectivity index (χ1v) is 9.41. The Kier molecular flexibility index (Phi) is 9.60. The zero-order valence-corrected chi connectivity index (χ0v) is 17.8. The number of nitrogens with one attached hydrogen (secondary N) is 2. The van der Waals surface area contributed by atoms with E-state index in [1.54, 1.807) is 48.5 Å². The van der Waals surface area contributed by atoms with Crippen LogP contribution in [0, 0.1) is 23.2 Å². The van der Waals surface area contributed by atoms with Gasteiger partial charge in [-0.3, -0.25) is 14.4 Å². The molecule has 2 amide bonds. The molecule has 4 atom stereocenters. The first-order valence-electron chi connectivity index (χ1n) is 9.41. The summed E-state index contributed by atoms with van der Waals surface area (Å²) in [5, 5.41) is 23.8. The third kappa shape index (κ3) is 7.84. The molecule has 0 aliphatic rings. The highest BCUT2D eigenvalue weighted by Gasteiger charge is 2.37. The van der Waals surface area contributed by atoms with E-state index in [2.05, 4.69) is 10.6 Å². The fraction of sp³-hybridized carbons (Fsp3) is 0.789.